The number of nitrogens with one attached hydrogen (secondary N) is 1. The van der Waals surface area contributed by atoms with Crippen molar-refractivity contribution < 1.29 is 37.3 Å². The maximum Gasteiger partial charge on any atom is 0.416 e. The van der Waals surface area contributed by atoms with Crippen LogP contribution in [0.5, 0.6) is 5.75 Å². The average molecular weight is 550 g/mol. The molecule has 0 saturated carbocycles. The molecule has 38 heavy (non-hydrogen) atoms. The van der Waals surface area contributed by atoms with Gasteiger partial charge in [-0.2, -0.15) is 13.2 Å². The van der Waals surface area contributed by atoms with Crippen LogP contribution in [0, 0.1) is 19.8 Å². The van der Waals surface area contributed by atoms with Gasteiger partial charge in [-0.25, -0.2) is 4.79 Å². The molecule has 0 aliphatic heterocycles. The van der Waals surface area contributed by atoms with E-state index in [9.17, 15) is 27.9 Å². The number of alkyl halides is 3. The summed E-state index contributed by atoms with van der Waals surface area (Å²) < 4.78 is 49.6. The van der Waals surface area contributed by atoms with Crippen molar-refractivity contribution >= 4 is 23.2 Å². The number of benzene rings is 2. The van der Waals surface area contributed by atoms with Gasteiger partial charge in [0.1, 0.15) is 11.9 Å². The molecule has 0 aliphatic rings. The highest BCUT2D eigenvalue weighted by Crippen LogP contribution is 2.37. The first-order valence-electron chi connectivity index (χ1n) is 11.9. The van der Waals surface area contributed by atoms with E-state index in [1.54, 1.807) is 12.1 Å². The zero-order chi connectivity index (χ0) is 28.2. The lowest BCUT2D eigenvalue weighted by Crippen LogP contribution is -2.36. The third kappa shape index (κ3) is 6.93. The Morgan fingerprint density at radius 3 is 2.16 bits per heavy atom. The highest BCUT2D eigenvalue weighted by Gasteiger charge is 2.30. The van der Waals surface area contributed by atoms with Crippen molar-refractivity contribution in [2.24, 2.45) is 5.92 Å². The Hall–Kier alpha value is -3.37. The van der Waals surface area contributed by atoms with E-state index in [4.69, 9.17) is 4.74 Å². The van der Waals surface area contributed by atoms with Gasteiger partial charge in [0.25, 0.3) is 5.91 Å². The Kier molecular flexibility index (Phi) is 9.22. The summed E-state index contributed by atoms with van der Waals surface area (Å²) in [6, 6.07) is 12.3. The summed E-state index contributed by atoms with van der Waals surface area (Å²) in [6.07, 6.45) is -6.20. The first-order chi connectivity index (χ1) is 17.8. The highest BCUT2D eigenvalue weighted by molar-refractivity contribution is 7.14. The minimum absolute atomic E-state index is 0.0564. The van der Waals surface area contributed by atoms with E-state index in [2.05, 4.69) is 10.1 Å². The first kappa shape index (κ1) is 29.2. The zero-order valence-corrected chi connectivity index (χ0v) is 22.5. The van der Waals surface area contributed by atoms with Gasteiger partial charge < -0.3 is 19.9 Å². The van der Waals surface area contributed by atoms with Crippen LogP contribution in [0.3, 0.4) is 0 Å². The van der Waals surface area contributed by atoms with Gasteiger partial charge in [-0.05, 0) is 78.4 Å². The van der Waals surface area contributed by atoms with Crippen molar-refractivity contribution in [3.8, 4) is 16.9 Å². The molecule has 0 radical (unpaired) electrons. The summed E-state index contributed by atoms with van der Waals surface area (Å²) in [5, 5.41) is 12.2. The summed E-state index contributed by atoms with van der Waals surface area (Å²) in [6.45, 7) is 7.48. The Bertz CT molecular complexity index is 1260. The van der Waals surface area contributed by atoms with Gasteiger partial charge in [0.2, 0.25) is 0 Å². The normalized spacial score (nSPS) is 13.2. The van der Waals surface area contributed by atoms with E-state index in [0.29, 0.717) is 16.2 Å². The number of rotatable bonds is 9. The quantitative estimate of drug-likeness (QED) is 0.316. The lowest BCUT2D eigenvalue weighted by atomic mass is 9.94. The summed E-state index contributed by atoms with van der Waals surface area (Å²) in [4.78, 5) is 25.0. The second-order valence-electron chi connectivity index (χ2n) is 9.24. The van der Waals surface area contributed by atoms with Gasteiger partial charge >= 0.3 is 12.1 Å². The molecule has 6 nitrogen and oxygen atoms in total. The molecular formula is C28H30F3NO5S. The van der Waals surface area contributed by atoms with Crippen LogP contribution in [-0.4, -0.2) is 36.7 Å². The van der Waals surface area contributed by atoms with Crippen LogP contribution in [-0.2, 0) is 15.7 Å². The highest BCUT2D eigenvalue weighted by atomic mass is 32.1. The molecule has 3 aromatic rings. The second kappa shape index (κ2) is 12.0. The van der Waals surface area contributed by atoms with E-state index in [0.717, 1.165) is 40.8 Å². The summed E-state index contributed by atoms with van der Waals surface area (Å²) in [5.41, 5.74) is 2.55. The van der Waals surface area contributed by atoms with Gasteiger partial charge in [-0.3, -0.25) is 4.79 Å². The predicted molar refractivity (Wildman–Crippen MR) is 139 cm³/mol. The number of hydrogen-bond donors (Lipinski definition) is 2. The molecule has 204 valence electrons. The average Bonchev–Trinajstić information content (AvgIpc) is 3.34. The molecule has 1 heterocycles. The molecule has 0 saturated heterocycles. The second-order valence-corrected chi connectivity index (χ2v) is 10.4. The monoisotopic (exact) mass is 549 g/mol. The van der Waals surface area contributed by atoms with Gasteiger partial charge in [0.05, 0.1) is 24.1 Å². The number of esters is 1. The Labute approximate surface area is 223 Å². The van der Waals surface area contributed by atoms with Crippen LogP contribution in [0.4, 0.5) is 13.2 Å². The van der Waals surface area contributed by atoms with Crippen LogP contribution in [0.2, 0.25) is 0 Å². The molecule has 0 aliphatic carbocycles. The maximum atomic E-state index is 13.0. The molecular weight excluding hydrogens is 519 g/mol. The largest absolute Gasteiger partial charge is 0.485 e. The van der Waals surface area contributed by atoms with Crippen molar-refractivity contribution in [2.75, 3.05) is 13.7 Å². The molecule has 2 aromatic carbocycles. The molecule has 1 amide bonds. The Morgan fingerprint density at radius 2 is 1.63 bits per heavy atom. The summed E-state index contributed by atoms with van der Waals surface area (Å²) in [5.74, 6) is -0.601. The SMILES string of the molecule is COC(=O)[C@@H](O)CNC(=O)c1ccc(C(Oc2cc(C)c(-c3ccc(C(F)(F)F)cc3)c(C)c2)C(C)C)s1. The van der Waals surface area contributed by atoms with Crippen molar-refractivity contribution in [2.45, 2.75) is 46.1 Å². The fourth-order valence-electron chi connectivity index (χ4n) is 4.07. The fraction of sp³-hybridized carbons (Fsp3) is 0.357. The minimum Gasteiger partial charge on any atom is -0.485 e. The van der Waals surface area contributed by atoms with E-state index in [-0.39, 0.29) is 18.6 Å². The zero-order valence-electron chi connectivity index (χ0n) is 21.7. The summed E-state index contributed by atoms with van der Waals surface area (Å²) >= 11 is 1.25. The first-order valence-corrected chi connectivity index (χ1v) is 12.7. The standard InChI is InChI=1S/C28H30F3NO5S/c1-15(2)25(22-10-11-23(38-22)26(34)32-14-21(33)27(35)36-5)37-20-12-16(3)24(17(4)13-20)18-6-8-19(9-7-18)28(29,30)31/h6-13,15,21,25,33H,14H2,1-5H3,(H,32,34)/t21-,25?/m0/s1. The van der Waals surface area contributed by atoms with Crippen LogP contribution in [0.1, 0.15) is 51.2 Å². The smallest absolute Gasteiger partial charge is 0.416 e. The molecule has 0 fully saturated rings. The number of amides is 1. The number of halogens is 3. The number of aliphatic hydroxyl groups is 1. The predicted octanol–water partition coefficient (Wildman–Crippen LogP) is 6.09. The number of methoxy groups -OCH3 is 1. The fourth-order valence-corrected chi connectivity index (χ4v) is 5.19. The third-order valence-electron chi connectivity index (χ3n) is 5.94. The number of carbonyl (C=O) groups excluding carboxylic acids is 2. The molecule has 0 bridgehead atoms. The topological polar surface area (TPSA) is 84.9 Å². The summed E-state index contributed by atoms with van der Waals surface area (Å²) in [7, 11) is 1.15. The van der Waals surface area contributed by atoms with Gasteiger partial charge in [-0.15, -0.1) is 11.3 Å². The van der Waals surface area contributed by atoms with Gasteiger partial charge in [0.15, 0.2) is 6.10 Å². The molecule has 2 N–H and O–H groups in total. The van der Waals surface area contributed by atoms with Crippen molar-refractivity contribution in [3.63, 3.8) is 0 Å². The van der Waals surface area contributed by atoms with E-state index in [1.165, 1.54) is 23.5 Å². The maximum absolute atomic E-state index is 13.0. The molecule has 2 atom stereocenters. The van der Waals surface area contributed by atoms with Gasteiger partial charge in [0, 0.05) is 4.88 Å². The van der Waals surface area contributed by atoms with E-state index < -0.39 is 29.7 Å². The number of carbonyl (C=O) groups is 2. The van der Waals surface area contributed by atoms with Crippen LogP contribution in [0.25, 0.3) is 11.1 Å². The molecule has 0 spiro atoms. The molecule has 3 rings (SSSR count). The number of aryl methyl sites for hydroxylation is 2. The number of thiophene rings is 1. The number of hydrogen-bond acceptors (Lipinski definition) is 6. The van der Waals surface area contributed by atoms with Crippen LogP contribution < -0.4 is 10.1 Å². The Balaban J connectivity index is 1.78. The van der Waals surface area contributed by atoms with E-state index in [1.807, 2.05) is 39.8 Å². The molecule has 10 heteroatoms. The number of aliphatic hydroxyl groups excluding tert-OH is 1. The lowest BCUT2D eigenvalue weighted by Gasteiger charge is -2.23. The van der Waals surface area contributed by atoms with Gasteiger partial charge in [-0.1, -0.05) is 26.0 Å². The van der Waals surface area contributed by atoms with E-state index >= 15 is 0 Å². The lowest BCUT2D eigenvalue weighted by molar-refractivity contribution is -0.149. The van der Waals surface area contributed by atoms with Crippen molar-refractivity contribution in [3.05, 3.63) is 75.0 Å². The van der Waals surface area contributed by atoms with Crippen LogP contribution >= 0.6 is 11.3 Å². The van der Waals surface area contributed by atoms with Crippen molar-refractivity contribution in [1.29, 1.82) is 0 Å². The minimum atomic E-state index is -4.39. The molecule has 1 aromatic heterocycles. The van der Waals surface area contributed by atoms with Crippen molar-refractivity contribution in [1.82, 2.24) is 5.32 Å². The Morgan fingerprint density at radius 1 is 1.03 bits per heavy atom. The third-order valence-corrected chi connectivity index (χ3v) is 7.08. The number of ether oxygens (including phenoxy) is 2. The molecule has 1 unspecified atom stereocenters. The van der Waals surface area contributed by atoms with Crippen LogP contribution in [0.15, 0.2) is 48.5 Å².